The molecule has 1 aliphatic rings. The van der Waals surface area contributed by atoms with E-state index in [9.17, 15) is 23.2 Å². The second-order valence-corrected chi connectivity index (χ2v) is 8.60. The number of rotatable bonds is 6. The molecule has 1 fully saturated rings. The van der Waals surface area contributed by atoms with Crippen molar-refractivity contribution in [3.63, 3.8) is 0 Å². The molecule has 0 aliphatic carbocycles. The van der Waals surface area contributed by atoms with Gasteiger partial charge in [-0.3, -0.25) is 14.5 Å². The van der Waals surface area contributed by atoms with Crippen LogP contribution in [0.15, 0.2) is 48.5 Å². The highest BCUT2D eigenvalue weighted by atomic mass is 19.3. The Morgan fingerprint density at radius 2 is 1.65 bits per heavy atom. The van der Waals surface area contributed by atoms with Crippen molar-refractivity contribution in [2.24, 2.45) is 0 Å². The second kappa shape index (κ2) is 8.09. The minimum Gasteiger partial charge on any atom is -0.435 e. The minimum absolute atomic E-state index is 0.0588. The van der Waals surface area contributed by atoms with E-state index in [0.717, 1.165) is 10.5 Å². The fraction of sp³-hybridized carbons (Fsp3) is 0.348. The van der Waals surface area contributed by atoms with Gasteiger partial charge >= 0.3 is 12.6 Å². The van der Waals surface area contributed by atoms with Gasteiger partial charge in [-0.1, -0.05) is 45.0 Å². The molecule has 3 rings (SSSR count). The molecule has 0 bridgehead atoms. The summed E-state index contributed by atoms with van der Waals surface area (Å²) >= 11 is 0. The summed E-state index contributed by atoms with van der Waals surface area (Å²) in [6, 6.07) is 11.8. The number of halogens is 2. The summed E-state index contributed by atoms with van der Waals surface area (Å²) in [7, 11) is 0. The van der Waals surface area contributed by atoms with Crippen LogP contribution < -0.4 is 10.1 Å². The first-order valence-electron chi connectivity index (χ1n) is 9.75. The van der Waals surface area contributed by atoms with Gasteiger partial charge in [0.1, 0.15) is 11.3 Å². The molecule has 2 aromatic rings. The van der Waals surface area contributed by atoms with Crippen molar-refractivity contribution in [3.05, 3.63) is 65.2 Å². The number of carbonyl (C=O) groups excluding carboxylic acids is 3. The summed E-state index contributed by atoms with van der Waals surface area (Å²) in [4.78, 5) is 39.0. The van der Waals surface area contributed by atoms with E-state index in [4.69, 9.17) is 0 Å². The highest BCUT2D eigenvalue weighted by molar-refractivity contribution is 6.11. The number of hydrogen-bond acceptors (Lipinski definition) is 4. The van der Waals surface area contributed by atoms with Crippen LogP contribution in [0.3, 0.4) is 0 Å². The number of nitrogens with zero attached hydrogens (tertiary/aromatic N) is 1. The van der Waals surface area contributed by atoms with Crippen molar-refractivity contribution >= 4 is 17.7 Å². The maximum absolute atomic E-state index is 13.0. The van der Waals surface area contributed by atoms with Crippen molar-refractivity contribution < 1.29 is 27.9 Å². The van der Waals surface area contributed by atoms with Gasteiger partial charge in [0.15, 0.2) is 5.78 Å². The fourth-order valence-corrected chi connectivity index (χ4v) is 3.40. The predicted molar refractivity (Wildman–Crippen MR) is 110 cm³/mol. The molecular weight excluding hydrogens is 406 g/mol. The number of Topliss-reactive ketones (excluding diaryl/α,β-unsaturated/α-hetero) is 1. The van der Waals surface area contributed by atoms with Crippen LogP contribution in [-0.4, -0.2) is 35.8 Å². The summed E-state index contributed by atoms with van der Waals surface area (Å²) in [5, 5.41) is 2.67. The summed E-state index contributed by atoms with van der Waals surface area (Å²) in [6.45, 7) is 4.39. The van der Waals surface area contributed by atoms with E-state index < -0.39 is 36.4 Å². The molecule has 3 amide bonds. The summed E-state index contributed by atoms with van der Waals surface area (Å²) in [6.07, 6.45) is 0. The molecule has 0 saturated carbocycles. The number of hydrogen-bond donors (Lipinski definition) is 1. The largest absolute Gasteiger partial charge is 0.435 e. The Bertz CT molecular complexity index is 998. The Kier molecular flexibility index (Phi) is 5.85. The molecule has 6 nitrogen and oxygen atoms in total. The molecule has 2 aromatic carbocycles. The lowest BCUT2D eigenvalue weighted by Gasteiger charge is -2.24. The molecule has 1 atom stereocenters. The number of carbonyl (C=O) groups is 3. The van der Waals surface area contributed by atoms with Crippen LogP contribution >= 0.6 is 0 Å². The van der Waals surface area contributed by atoms with Crippen LogP contribution in [0, 0.1) is 0 Å². The number of imide groups is 1. The highest BCUT2D eigenvalue weighted by Crippen LogP contribution is 2.31. The summed E-state index contributed by atoms with van der Waals surface area (Å²) < 4.78 is 28.8. The van der Waals surface area contributed by atoms with E-state index in [-0.39, 0.29) is 16.7 Å². The second-order valence-electron chi connectivity index (χ2n) is 8.60. The van der Waals surface area contributed by atoms with Crippen molar-refractivity contribution in [3.8, 4) is 5.75 Å². The topological polar surface area (TPSA) is 75.7 Å². The number of alkyl halides is 2. The Labute approximate surface area is 179 Å². The van der Waals surface area contributed by atoms with Crippen molar-refractivity contribution in [1.82, 2.24) is 10.2 Å². The Hall–Kier alpha value is -3.29. The lowest BCUT2D eigenvalue weighted by atomic mass is 9.84. The molecule has 0 spiro atoms. The Morgan fingerprint density at radius 3 is 2.16 bits per heavy atom. The zero-order valence-electron chi connectivity index (χ0n) is 17.7. The average Bonchev–Trinajstić information content (AvgIpc) is 2.91. The quantitative estimate of drug-likeness (QED) is 0.550. The Morgan fingerprint density at radius 1 is 1.06 bits per heavy atom. The normalized spacial score (nSPS) is 19.0. The number of ether oxygens (including phenoxy) is 1. The van der Waals surface area contributed by atoms with Crippen molar-refractivity contribution in [2.45, 2.75) is 45.3 Å². The van der Waals surface area contributed by atoms with E-state index in [1.165, 1.54) is 24.3 Å². The van der Waals surface area contributed by atoms with Gasteiger partial charge in [-0.15, -0.1) is 0 Å². The zero-order valence-corrected chi connectivity index (χ0v) is 17.7. The molecule has 0 aromatic heterocycles. The lowest BCUT2D eigenvalue weighted by Crippen LogP contribution is -2.41. The van der Waals surface area contributed by atoms with Crippen LogP contribution in [0.1, 0.15) is 49.2 Å². The van der Waals surface area contributed by atoms with E-state index >= 15 is 0 Å². The molecule has 1 aliphatic heterocycles. The van der Waals surface area contributed by atoms with Gasteiger partial charge in [0.25, 0.3) is 5.91 Å². The molecule has 1 N–H and O–H groups in total. The van der Waals surface area contributed by atoms with Crippen LogP contribution in [0.4, 0.5) is 13.6 Å². The number of urea groups is 1. The molecule has 164 valence electrons. The van der Waals surface area contributed by atoms with Gasteiger partial charge in [0.2, 0.25) is 0 Å². The maximum Gasteiger partial charge on any atom is 0.387 e. The number of amides is 3. The lowest BCUT2D eigenvalue weighted by molar-refractivity contribution is -0.130. The molecule has 8 heteroatoms. The molecule has 0 radical (unpaired) electrons. The summed E-state index contributed by atoms with van der Waals surface area (Å²) in [5.41, 5.74) is 0.523. The first-order valence-corrected chi connectivity index (χ1v) is 9.75. The van der Waals surface area contributed by atoms with E-state index in [1.807, 2.05) is 12.1 Å². The molecule has 1 saturated heterocycles. The monoisotopic (exact) mass is 430 g/mol. The number of nitrogens with one attached hydrogen (secondary N) is 1. The third-order valence-corrected chi connectivity index (χ3v) is 5.31. The fourth-order valence-electron chi connectivity index (χ4n) is 3.40. The molecular formula is C23H24F2N2O4. The van der Waals surface area contributed by atoms with Gasteiger partial charge < -0.3 is 10.1 Å². The first kappa shape index (κ1) is 22.4. The highest BCUT2D eigenvalue weighted by Gasteiger charge is 2.49. The van der Waals surface area contributed by atoms with E-state index in [0.29, 0.717) is 5.56 Å². The van der Waals surface area contributed by atoms with Crippen LogP contribution in [0.5, 0.6) is 5.75 Å². The van der Waals surface area contributed by atoms with E-state index in [1.54, 1.807) is 19.1 Å². The molecule has 1 unspecified atom stereocenters. The zero-order chi connectivity index (χ0) is 23.0. The minimum atomic E-state index is -2.97. The van der Waals surface area contributed by atoms with Crippen LogP contribution in [0.25, 0.3) is 0 Å². The van der Waals surface area contributed by atoms with Gasteiger partial charge in [-0.05, 0) is 47.7 Å². The maximum atomic E-state index is 13.0. The first-order chi connectivity index (χ1) is 14.4. The predicted octanol–water partition coefficient (Wildman–Crippen LogP) is 4.24. The summed E-state index contributed by atoms with van der Waals surface area (Å²) in [5.74, 6) is -1.13. The van der Waals surface area contributed by atoms with Gasteiger partial charge in [-0.25, -0.2) is 4.79 Å². The SMILES string of the molecule is CC(C)(C)c1ccc(C2(C)NC(=O)N(CC(=O)c3ccc(OC(F)F)cc3)C2=O)cc1. The Balaban J connectivity index is 1.76. The third kappa shape index (κ3) is 4.57. The van der Waals surface area contributed by atoms with Gasteiger partial charge in [0, 0.05) is 5.56 Å². The number of benzene rings is 2. The molecule has 31 heavy (non-hydrogen) atoms. The molecule has 1 heterocycles. The van der Waals surface area contributed by atoms with Crippen LogP contribution in [-0.2, 0) is 15.7 Å². The standard InChI is InChI=1S/C23H24F2N2O4/c1-22(2,3)15-7-9-16(10-8-15)23(4)19(29)27(21(30)26-23)13-18(28)14-5-11-17(12-6-14)31-20(24)25/h5-12,20H,13H2,1-4H3,(H,26,30). The van der Waals surface area contributed by atoms with Crippen LogP contribution in [0.2, 0.25) is 0 Å². The third-order valence-electron chi connectivity index (χ3n) is 5.31. The van der Waals surface area contributed by atoms with Gasteiger partial charge in [-0.2, -0.15) is 8.78 Å². The van der Waals surface area contributed by atoms with E-state index in [2.05, 4.69) is 30.8 Å². The average molecular weight is 430 g/mol. The van der Waals surface area contributed by atoms with Crippen molar-refractivity contribution in [1.29, 1.82) is 0 Å². The van der Waals surface area contributed by atoms with Gasteiger partial charge in [0.05, 0.1) is 6.54 Å². The number of ketones is 1. The smallest absolute Gasteiger partial charge is 0.387 e. The van der Waals surface area contributed by atoms with Crippen molar-refractivity contribution in [2.75, 3.05) is 6.54 Å².